The Hall–Kier alpha value is -0.570. The van der Waals surface area contributed by atoms with Gasteiger partial charge < -0.3 is 11.1 Å². The normalized spacial score (nSPS) is 28.2. The van der Waals surface area contributed by atoms with Crippen LogP contribution in [0.1, 0.15) is 26.2 Å². The first-order valence-corrected chi connectivity index (χ1v) is 4.23. The monoisotopic (exact) mass is 156 g/mol. The maximum absolute atomic E-state index is 11.0. The van der Waals surface area contributed by atoms with Gasteiger partial charge in [-0.3, -0.25) is 4.79 Å². The maximum Gasteiger partial charge on any atom is 0.220 e. The number of nitrogens with one attached hydrogen (secondary N) is 1. The fraction of sp³-hybridized carbons (Fsp3) is 0.875. The summed E-state index contributed by atoms with van der Waals surface area (Å²) in [6.07, 6.45) is 2.53. The van der Waals surface area contributed by atoms with Crippen LogP contribution in [-0.2, 0) is 4.79 Å². The second-order valence-corrected chi connectivity index (χ2v) is 3.28. The average Bonchev–Trinajstić information content (AvgIpc) is 2.62. The molecule has 1 aliphatic rings. The molecular weight excluding hydrogens is 140 g/mol. The number of carbonyl (C=O) groups excluding carboxylic acids is 1. The lowest BCUT2D eigenvalue weighted by molar-refractivity contribution is -0.121. The highest BCUT2D eigenvalue weighted by atomic mass is 16.1. The Bertz CT molecular complexity index is 147. The van der Waals surface area contributed by atoms with Crippen LogP contribution in [0.15, 0.2) is 0 Å². The number of hydrogen-bond donors (Lipinski definition) is 2. The van der Waals surface area contributed by atoms with Crippen molar-refractivity contribution in [3.05, 3.63) is 0 Å². The van der Waals surface area contributed by atoms with E-state index in [2.05, 4.69) is 12.2 Å². The smallest absolute Gasteiger partial charge is 0.220 e. The molecule has 11 heavy (non-hydrogen) atoms. The number of carbonyl (C=O) groups is 1. The number of hydrogen-bond acceptors (Lipinski definition) is 2. The Balaban J connectivity index is 2.02. The quantitative estimate of drug-likeness (QED) is 0.613. The summed E-state index contributed by atoms with van der Waals surface area (Å²) in [5, 5.41) is 2.94. The molecule has 1 rings (SSSR count). The standard InChI is InChI=1S/C8H16N2O/c1-6-5-7(6)10-8(11)3-2-4-9/h6-7H,2-5,9H2,1H3,(H,10,11). The van der Waals surface area contributed by atoms with E-state index >= 15 is 0 Å². The van der Waals surface area contributed by atoms with E-state index in [9.17, 15) is 4.79 Å². The van der Waals surface area contributed by atoms with Crippen molar-refractivity contribution in [2.45, 2.75) is 32.2 Å². The molecule has 0 saturated heterocycles. The van der Waals surface area contributed by atoms with E-state index in [1.807, 2.05) is 0 Å². The Kier molecular flexibility index (Phi) is 2.88. The van der Waals surface area contributed by atoms with Gasteiger partial charge in [0.15, 0.2) is 0 Å². The summed E-state index contributed by atoms with van der Waals surface area (Å²) < 4.78 is 0. The van der Waals surface area contributed by atoms with Gasteiger partial charge in [0.2, 0.25) is 5.91 Å². The van der Waals surface area contributed by atoms with Gasteiger partial charge in [-0.05, 0) is 25.3 Å². The van der Waals surface area contributed by atoms with Crippen molar-refractivity contribution in [2.75, 3.05) is 6.54 Å². The molecule has 0 radical (unpaired) electrons. The fourth-order valence-electron chi connectivity index (χ4n) is 1.06. The highest BCUT2D eigenvalue weighted by molar-refractivity contribution is 5.76. The van der Waals surface area contributed by atoms with Crippen molar-refractivity contribution in [1.82, 2.24) is 5.32 Å². The molecule has 3 heteroatoms. The maximum atomic E-state index is 11.0. The third kappa shape index (κ3) is 2.89. The van der Waals surface area contributed by atoms with Crippen LogP contribution in [0.3, 0.4) is 0 Å². The van der Waals surface area contributed by atoms with E-state index in [0.29, 0.717) is 24.9 Å². The number of rotatable bonds is 4. The van der Waals surface area contributed by atoms with E-state index in [-0.39, 0.29) is 5.91 Å². The van der Waals surface area contributed by atoms with E-state index in [1.165, 1.54) is 0 Å². The van der Waals surface area contributed by atoms with Gasteiger partial charge in [-0.1, -0.05) is 6.92 Å². The van der Waals surface area contributed by atoms with Crippen LogP contribution in [0.25, 0.3) is 0 Å². The van der Waals surface area contributed by atoms with Gasteiger partial charge in [-0.15, -0.1) is 0 Å². The van der Waals surface area contributed by atoms with E-state index in [1.54, 1.807) is 0 Å². The van der Waals surface area contributed by atoms with Gasteiger partial charge in [0.05, 0.1) is 0 Å². The predicted octanol–water partition coefficient (Wildman–Crippen LogP) is 0.250. The van der Waals surface area contributed by atoms with Crippen molar-refractivity contribution in [1.29, 1.82) is 0 Å². The van der Waals surface area contributed by atoms with Crippen molar-refractivity contribution < 1.29 is 4.79 Å². The summed E-state index contributed by atoms with van der Waals surface area (Å²) in [7, 11) is 0. The van der Waals surface area contributed by atoms with Gasteiger partial charge in [0, 0.05) is 12.5 Å². The molecule has 0 aromatic heterocycles. The SMILES string of the molecule is CC1CC1NC(=O)CCCN. The van der Waals surface area contributed by atoms with Gasteiger partial charge in [-0.25, -0.2) is 0 Å². The van der Waals surface area contributed by atoms with Crippen LogP contribution in [-0.4, -0.2) is 18.5 Å². The Labute approximate surface area is 67.3 Å². The summed E-state index contributed by atoms with van der Waals surface area (Å²) in [6, 6.07) is 0.459. The lowest BCUT2D eigenvalue weighted by Crippen LogP contribution is -2.26. The third-order valence-corrected chi connectivity index (χ3v) is 2.06. The van der Waals surface area contributed by atoms with Crippen LogP contribution >= 0.6 is 0 Å². The molecule has 64 valence electrons. The zero-order valence-electron chi connectivity index (χ0n) is 6.97. The molecule has 2 unspecified atom stereocenters. The van der Waals surface area contributed by atoms with Gasteiger partial charge >= 0.3 is 0 Å². The molecule has 1 fully saturated rings. The Morgan fingerprint density at radius 1 is 1.73 bits per heavy atom. The van der Waals surface area contributed by atoms with Crippen LogP contribution in [0.5, 0.6) is 0 Å². The minimum atomic E-state index is 0.157. The highest BCUT2D eigenvalue weighted by Gasteiger charge is 2.33. The summed E-state index contributed by atoms with van der Waals surface area (Å²) in [5.41, 5.74) is 5.27. The van der Waals surface area contributed by atoms with Crippen molar-refractivity contribution in [3.8, 4) is 0 Å². The zero-order chi connectivity index (χ0) is 8.27. The number of amides is 1. The molecule has 0 bridgehead atoms. The molecule has 0 aromatic rings. The molecule has 2 atom stereocenters. The molecule has 3 N–H and O–H groups in total. The van der Waals surface area contributed by atoms with Crippen molar-refractivity contribution in [2.24, 2.45) is 11.7 Å². The zero-order valence-corrected chi connectivity index (χ0v) is 6.97. The summed E-state index contributed by atoms with van der Waals surface area (Å²) in [6.45, 7) is 2.75. The van der Waals surface area contributed by atoms with Crippen LogP contribution < -0.4 is 11.1 Å². The summed E-state index contributed by atoms with van der Waals surface area (Å²) >= 11 is 0. The van der Waals surface area contributed by atoms with Gasteiger partial charge in [0.1, 0.15) is 0 Å². The van der Waals surface area contributed by atoms with Crippen molar-refractivity contribution >= 4 is 5.91 Å². The first kappa shape index (κ1) is 8.53. The van der Waals surface area contributed by atoms with E-state index in [4.69, 9.17) is 5.73 Å². The molecular formula is C8H16N2O. The second kappa shape index (κ2) is 3.72. The third-order valence-electron chi connectivity index (χ3n) is 2.06. The highest BCUT2D eigenvalue weighted by Crippen LogP contribution is 2.28. The largest absolute Gasteiger partial charge is 0.353 e. The minimum absolute atomic E-state index is 0.157. The van der Waals surface area contributed by atoms with Crippen LogP contribution in [0, 0.1) is 5.92 Å². The van der Waals surface area contributed by atoms with Crippen molar-refractivity contribution in [3.63, 3.8) is 0 Å². The first-order chi connectivity index (χ1) is 5.24. The minimum Gasteiger partial charge on any atom is -0.353 e. The summed E-state index contributed by atoms with van der Waals surface area (Å²) in [5.74, 6) is 0.849. The molecule has 0 aliphatic heterocycles. The molecule has 1 aliphatic carbocycles. The predicted molar refractivity (Wildman–Crippen MR) is 44.0 cm³/mol. The van der Waals surface area contributed by atoms with E-state index in [0.717, 1.165) is 12.8 Å². The van der Waals surface area contributed by atoms with E-state index < -0.39 is 0 Å². The average molecular weight is 156 g/mol. The van der Waals surface area contributed by atoms with Crippen LogP contribution in [0.2, 0.25) is 0 Å². The first-order valence-electron chi connectivity index (χ1n) is 4.23. The molecule has 0 spiro atoms. The molecule has 1 amide bonds. The lowest BCUT2D eigenvalue weighted by Gasteiger charge is -2.01. The molecule has 0 aromatic carbocycles. The van der Waals surface area contributed by atoms with Gasteiger partial charge in [-0.2, -0.15) is 0 Å². The Morgan fingerprint density at radius 3 is 2.82 bits per heavy atom. The van der Waals surface area contributed by atoms with Crippen LogP contribution in [0.4, 0.5) is 0 Å². The second-order valence-electron chi connectivity index (χ2n) is 3.28. The topological polar surface area (TPSA) is 55.1 Å². The van der Waals surface area contributed by atoms with Gasteiger partial charge in [0.25, 0.3) is 0 Å². The Morgan fingerprint density at radius 2 is 2.36 bits per heavy atom. The lowest BCUT2D eigenvalue weighted by atomic mass is 10.3. The fourth-order valence-corrected chi connectivity index (χ4v) is 1.06. The molecule has 3 nitrogen and oxygen atoms in total. The number of nitrogens with two attached hydrogens (primary N) is 1. The molecule has 1 saturated carbocycles. The molecule has 0 heterocycles. The summed E-state index contributed by atoms with van der Waals surface area (Å²) in [4.78, 5) is 11.0.